The first kappa shape index (κ1) is 17.5. The van der Waals surface area contributed by atoms with Crippen LogP contribution in [0, 0.1) is 13.8 Å². The van der Waals surface area contributed by atoms with E-state index in [4.69, 9.17) is 0 Å². The van der Waals surface area contributed by atoms with E-state index in [1.807, 2.05) is 0 Å². The standard InChI is InChI=1S/C17H14F3NO3/c1-9-14(10(2)21-15(9)16(23)24)13(22)8-7-11-5-3-4-6-12(11)17(18,19)20/h3-8,21H,1-2H3,(H,23,24)/p-1/b8-7+. The zero-order chi connectivity index (χ0) is 18.1. The Morgan fingerprint density at radius 3 is 2.33 bits per heavy atom. The van der Waals surface area contributed by atoms with Crippen molar-refractivity contribution in [2.24, 2.45) is 0 Å². The van der Waals surface area contributed by atoms with Crippen LogP contribution in [0.3, 0.4) is 0 Å². The lowest BCUT2D eigenvalue weighted by Crippen LogP contribution is -2.23. The molecule has 0 spiro atoms. The lowest BCUT2D eigenvalue weighted by molar-refractivity contribution is -0.255. The summed E-state index contributed by atoms with van der Waals surface area (Å²) >= 11 is 0. The van der Waals surface area contributed by atoms with Crippen LogP contribution in [0.1, 0.15) is 43.2 Å². The van der Waals surface area contributed by atoms with Crippen LogP contribution in [0.2, 0.25) is 0 Å². The molecule has 1 aromatic heterocycles. The summed E-state index contributed by atoms with van der Waals surface area (Å²) in [4.78, 5) is 25.7. The summed E-state index contributed by atoms with van der Waals surface area (Å²) in [6.45, 7) is 2.93. The highest BCUT2D eigenvalue weighted by molar-refractivity contribution is 6.10. The SMILES string of the molecule is Cc1[nH]c(C(=O)[O-])c(C)c1C(=O)/C=C/c1ccccc1C(F)(F)F. The summed E-state index contributed by atoms with van der Waals surface area (Å²) in [7, 11) is 0. The van der Waals surface area contributed by atoms with Gasteiger partial charge in [0.2, 0.25) is 0 Å². The normalized spacial score (nSPS) is 11.9. The Bertz CT molecular complexity index is 832. The van der Waals surface area contributed by atoms with E-state index in [1.165, 1.54) is 32.0 Å². The predicted octanol–water partition coefficient (Wildman–Crippen LogP) is 2.91. The number of aromatic amines is 1. The van der Waals surface area contributed by atoms with E-state index in [0.717, 1.165) is 18.2 Å². The molecule has 2 rings (SSSR count). The molecule has 0 aliphatic carbocycles. The molecule has 4 nitrogen and oxygen atoms in total. The second-order valence-corrected chi connectivity index (χ2v) is 5.20. The third-order valence-electron chi connectivity index (χ3n) is 3.57. The Morgan fingerprint density at radius 2 is 1.79 bits per heavy atom. The number of nitrogens with one attached hydrogen (secondary N) is 1. The minimum absolute atomic E-state index is 0.106. The fourth-order valence-corrected chi connectivity index (χ4v) is 2.47. The molecule has 0 radical (unpaired) electrons. The number of carboxylic acid groups (broad SMARTS) is 1. The predicted molar refractivity (Wildman–Crippen MR) is 79.4 cm³/mol. The van der Waals surface area contributed by atoms with Gasteiger partial charge in [0.05, 0.1) is 17.2 Å². The number of carbonyl (C=O) groups excluding carboxylic acids is 2. The van der Waals surface area contributed by atoms with Gasteiger partial charge in [-0.1, -0.05) is 24.3 Å². The highest BCUT2D eigenvalue weighted by Gasteiger charge is 2.32. The molecule has 7 heteroatoms. The molecule has 1 heterocycles. The molecule has 0 saturated heterocycles. The van der Waals surface area contributed by atoms with E-state index in [0.29, 0.717) is 5.69 Å². The van der Waals surface area contributed by atoms with Crippen molar-refractivity contribution < 1.29 is 27.9 Å². The maximum absolute atomic E-state index is 12.9. The van der Waals surface area contributed by atoms with Crippen molar-refractivity contribution in [3.05, 3.63) is 64.0 Å². The summed E-state index contributed by atoms with van der Waals surface area (Å²) in [5.74, 6) is -2.05. The number of alkyl halides is 3. The van der Waals surface area contributed by atoms with Crippen molar-refractivity contribution >= 4 is 17.8 Å². The smallest absolute Gasteiger partial charge is 0.416 e. The van der Waals surface area contributed by atoms with Crippen LogP contribution in [-0.2, 0) is 6.18 Å². The second-order valence-electron chi connectivity index (χ2n) is 5.20. The fraction of sp³-hybridized carbons (Fsp3) is 0.176. The van der Waals surface area contributed by atoms with Gasteiger partial charge in [-0.05, 0) is 37.1 Å². The number of hydrogen-bond donors (Lipinski definition) is 1. The van der Waals surface area contributed by atoms with Crippen LogP contribution in [0.15, 0.2) is 30.3 Å². The van der Waals surface area contributed by atoms with E-state index in [2.05, 4.69) is 4.98 Å². The molecule has 0 unspecified atom stereocenters. The van der Waals surface area contributed by atoms with Gasteiger partial charge in [-0.3, -0.25) is 4.79 Å². The van der Waals surface area contributed by atoms with Crippen LogP contribution < -0.4 is 5.11 Å². The molecular weight excluding hydrogens is 323 g/mol. The number of H-pyrrole nitrogens is 1. The van der Waals surface area contributed by atoms with Gasteiger partial charge >= 0.3 is 6.18 Å². The summed E-state index contributed by atoms with van der Waals surface area (Å²) in [6, 6.07) is 4.86. The monoisotopic (exact) mass is 336 g/mol. The zero-order valence-corrected chi connectivity index (χ0v) is 12.8. The minimum Gasteiger partial charge on any atom is -0.543 e. The Labute approximate surface area is 135 Å². The van der Waals surface area contributed by atoms with Gasteiger partial charge in [-0.15, -0.1) is 0 Å². The van der Waals surface area contributed by atoms with Gasteiger partial charge in [-0.25, -0.2) is 0 Å². The van der Waals surface area contributed by atoms with Gasteiger partial charge in [0.1, 0.15) is 0 Å². The summed E-state index contributed by atoms with van der Waals surface area (Å²) in [6.07, 6.45) is -2.48. The number of carboxylic acids is 1. The van der Waals surface area contributed by atoms with Crippen LogP contribution in [0.4, 0.5) is 13.2 Å². The molecule has 1 aromatic carbocycles. The number of halogens is 3. The first-order chi connectivity index (χ1) is 11.1. The molecule has 2 aromatic rings. The molecule has 0 bridgehead atoms. The van der Waals surface area contributed by atoms with Crippen molar-refractivity contribution in [1.29, 1.82) is 0 Å². The molecule has 126 valence electrons. The summed E-state index contributed by atoms with van der Waals surface area (Å²) in [5.41, 5.74) is -0.622. The van der Waals surface area contributed by atoms with Crippen LogP contribution in [-0.4, -0.2) is 16.7 Å². The average molecular weight is 336 g/mol. The van der Waals surface area contributed by atoms with Crippen LogP contribution >= 0.6 is 0 Å². The average Bonchev–Trinajstić information content (AvgIpc) is 2.79. The lowest BCUT2D eigenvalue weighted by atomic mass is 10.0. The number of rotatable bonds is 4. The van der Waals surface area contributed by atoms with Crippen LogP contribution in [0.5, 0.6) is 0 Å². The molecule has 0 saturated carbocycles. The molecule has 0 aliphatic rings. The summed E-state index contributed by atoms with van der Waals surface area (Å²) < 4.78 is 38.8. The zero-order valence-electron chi connectivity index (χ0n) is 12.8. The topological polar surface area (TPSA) is 73.0 Å². The molecule has 0 aliphatic heterocycles. The van der Waals surface area contributed by atoms with Gasteiger partial charge in [-0.2, -0.15) is 13.2 Å². The van der Waals surface area contributed by atoms with E-state index in [1.54, 1.807) is 0 Å². The molecule has 24 heavy (non-hydrogen) atoms. The van der Waals surface area contributed by atoms with Crippen molar-refractivity contribution in [2.45, 2.75) is 20.0 Å². The number of benzene rings is 1. The molecule has 1 N–H and O–H groups in total. The number of hydrogen-bond acceptors (Lipinski definition) is 3. The number of aromatic nitrogens is 1. The Morgan fingerprint density at radius 1 is 1.17 bits per heavy atom. The van der Waals surface area contributed by atoms with Crippen molar-refractivity contribution in [3.63, 3.8) is 0 Å². The number of aryl methyl sites for hydroxylation is 1. The number of ketones is 1. The number of allylic oxidation sites excluding steroid dienone is 1. The molecule has 0 fully saturated rings. The summed E-state index contributed by atoms with van der Waals surface area (Å²) in [5, 5.41) is 10.9. The highest BCUT2D eigenvalue weighted by Crippen LogP contribution is 2.32. The Hall–Kier alpha value is -2.83. The maximum atomic E-state index is 12.9. The highest BCUT2D eigenvalue weighted by atomic mass is 19.4. The Balaban J connectivity index is 2.39. The Kier molecular flexibility index (Phi) is 4.64. The van der Waals surface area contributed by atoms with Crippen molar-refractivity contribution in [2.75, 3.05) is 0 Å². The van der Waals surface area contributed by atoms with E-state index >= 15 is 0 Å². The van der Waals surface area contributed by atoms with Crippen molar-refractivity contribution in [3.8, 4) is 0 Å². The van der Waals surface area contributed by atoms with Gasteiger partial charge < -0.3 is 14.9 Å². The number of aromatic carboxylic acids is 1. The third kappa shape index (κ3) is 3.40. The van der Waals surface area contributed by atoms with E-state index in [9.17, 15) is 27.9 Å². The van der Waals surface area contributed by atoms with Gasteiger partial charge in [0.15, 0.2) is 5.78 Å². The molecular formula is C17H13F3NO3-. The lowest BCUT2D eigenvalue weighted by Gasteiger charge is -2.09. The maximum Gasteiger partial charge on any atom is 0.416 e. The first-order valence-corrected chi connectivity index (χ1v) is 6.92. The molecule has 0 amide bonds. The first-order valence-electron chi connectivity index (χ1n) is 6.92. The largest absolute Gasteiger partial charge is 0.543 e. The van der Waals surface area contributed by atoms with E-state index in [-0.39, 0.29) is 22.4 Å². The van der Waals surface area contributed by atoms with Crippen LogP contribution in [0.25, 0.3) is 6.08 Å². The van der Waals surface area contributed by atoms with Crippen molar-refractivity contribution in [1.82, 2.24) is 4.98 Å². The van der Waals surface area contributed by atoms with E-state index < -0.39 is 23.5 Å². The minimum atomic E-state index is -4.54. The quantitative estimate of drug-likeness (QED) is 0.689. The molecule has 0 atom stereocenters. The van der Waals surface area contributed by atoms with Gasteiger partial charge in [0.25, 0.3) is 0 Å². The fourth-order valence-electron chi connectivity index (χ4n) is 2.47. The number of carbonyl (C=O) groups is 2. The van der Waals surface area contributed by atoms with Gasteiger partial charge in [0, 0.05) is 11.3 Å². The second kappa shape index (κ2) is 6.35. The third-order valence-corrected chi connectivity index (χ3v) is 3.57.